The maximum Gasteiger partial charge on any atom is 0.240 e. The summed E-state index contributed by atoms with van der Waals surface area (Å²) < 4.78 is 5.34. The fourth-order valence-electron chi connectivity index (χ4n) is 2.63. The number of nitrogens with zero attached hydrogens (tertiary/aromatic N) is 1. The van der Waals surface area contributed by atoms with E-state index in [1.165, 1.54) is 11.1 Å². The molecule has 2 aromatic rings. The van der Waals surface area contributed by atoms with Crippen molar-refractivity contribution in [3.05, 3.63) is 53.5 Å². The number of aryl methyl sites for hydroxylation is 2. The van der Waals surface area contributed by atoms with E-state index in [1.807, 2.05) is 19.1 Å². The van der Waals surface area contributed by atoms with Gasteiger partial charge in [0.2, 0.25) is 5.91 Å². The molecule has 1 atom stereocenters. The molecule has 0 saturated heterocycles. The van der Waals surface area contributed by atoms with E-state index in [9.17, 15) is 4.79 Å². The molecule has 124 valence electrons. The van der Waals surface area contributed by atoms with Crippen LogP contribution in [0.1, 0.15) is 43.7 Å². The summed E-state index contributed by atoms with van der Waals surface area (Å²) in [7, 11) is 0. The number of benzene rings is 1. The first-order chi connectivity index (χ1) is 10.9. The summed E-state index contributed by atoms with van der Waals surface area (Å²) in [5, 5.41) is 3.00. The van der Waals surface area contributed by atoms with Gasteiger partial charge in [0.05, 0.1) is 18.8 Å². The van der Waals surface area contributed by atoms with Crippen LogP contribution in [0.25, 0.3) is 0 Å². The van der Waals surface area contributed by atoms with Gasteiger partial charge in [-0.1, -0.05) is 12.1 Å². The Morgan fingerprint density at radius 3 is 2.57 bits per heavy atom. The number of nitrogens with one attached hydrogen (secondary N) is 1. The van der Waals surface area contributed by atoms with Gasteiger partial charge in [0, 0.05) is 11.7 Å². The molecule has 1 aromatic heterocycles. The number of rotatable bonds is 6. The predicted molar refractivity (Wildman–Crippen MR) is 93.7 cm³/mol. The standard InChI is InChI=1S/C19H26N2O2/c1-13(2)21(17-11-14(3)8-9-15(17)4)12-19(22)20-16(5)18-7-6-10-23-18/h6-11,13,16H,12H2,1-5H3,(H,20,22). The molecule has 0 fully saturated rings. The first kappa shape index (κ1) is 17.1. The van der Waals surface area contributed by atoms with E-state index in [-0.39, 0.29) is 18.0 Å². The van der Waals surface area contributed by atoms with Crippen molar-refractivity contribution in [2.45, 2.75) is 46.7 Å². The van der Waals surface area contributed by atoms with Gasteiger partial charge in [-0.3, -0.25) is 4.79 Å². The van der Waals surface area contributed by atoms with E-state index in [0.29, 0.717) is 6.54 Å². The topological polar surface area (TPSA) is 45.5 Å². The molecule has 0 aliphatic carbocycles. The second-order valence-corrected chi connectivity index (χ2v) is 6.32. The molecular weight excluding hydrogens is 288 g/mol. The molecule has 1 N–H and O–H groups in total. The normalized spacial score (nSPS) is 12.3. The number of furan rings is 1. The van der Waals surface area contributed by atoms with Crippen molar-refractivity contribution in [3.8, 4) is 0 Å². The van der Waals surface area contributed by atoms with Crippen molar-refractivity contribution in [1.82, 2.24) is 5.32 Å². The first-order valence-corrected chi connectivity index (χ1v) is 8.05. The summed E-state index contributed by atoms with van der Waals surface area (Å²) in [4.78, 5) is 14.6. The van der Waals surface area contributed by atoms with E-state index >= 15 is 0 Å². The predicted octanol–water partition coefficient (Wildman–Crippen LogP) is 3.99. The molecule has 23 heavy (non-hydrogen) atoms. The van der Waals surface area contributed by atoms with E-state index in [2.05, 4.69) is 56.1 Å². The van der Waals surface area contributed by atoms with Crippen LogP contribution in [0.2, 0.25) is 0 Å². The molecule has 4 nitrogen and oxygen atoms in total. The highest BCUT2D eigenvalue weighted by Gasteiger charge is 2.19. The fourth-order valence-corrected chi connectivity index (χ4v) is 2.63. The quantitative estimate of drug-likeness (QED) is 0.877. The van der Waals surface area contributed by atoms with Crippen LogP contribution >= 0.6 is 0 Å². The van der Waals surface area contributed by atoms with Gasteiger partial charge in [-0.2, -0.15) is 0 Å². The Hall–Kier alpha value is -2.23. The van der Waals surface area contributed by atoms with Crippen molar-refractivity contribution in [1.29, 1.82) is 0 Å². The third-order valence-corrected chi connectivity index (χ3v) is 3.96. The lowest BCUT2D eigenvalue weighted by Crippen LogP contribution is -2.42. The maximum atomic E-state index is 12.4. The van der Waals surface area contributed by atoms with Crippen LogP contribution in [0.4, 0.5) is 5.69 Å². The molecule has 0 radical (unpaired) electrons. The van der Waals surface area contributed by atoms with Gasteiger partial charge >= 0.3 is 0 Å². The lowest BCUT2D eigenvalue weighted by molar-refractivity contribution is -0.120. The zero-order valence-corrected chi connectivity index (χ0v) is 14.6. The van der Waals surface area contributed by atoms with Crippen molar-refractivity contribution in [3.63, 3.8) is 0 Å². The second kappa shape index (κ2) is 7.36. The number of anilines is 1. The summed E-state index contributed by atoms with van der Waals surface area (Å²) in [6.45, 7) is 10.6. The highest BCUT2D eigenvalue weighted by Crippen LogP contribution is 2.23. The van der Waals surface area contributed by atoms with Crippen LogP contribution in [0.5, 0.6) is 0 Å². The number of hydrogen-bond acceptors (Lipinski definition) is 3. The van der Waals surface area contributed by atoms with Gasteiger partial charge in [-0.25, -0.2) is 0 Å². The number of carbonyl (C=O) groups excluding carboxylic acids is 1. The third kappa shape index (κ3) is 4.38. The monoisotopic (exact) mass is 314 g/mol. The third-order valence-electron chi connectivity index (χ3n) is 3.96. The van der Waals surface area contributed by atoms with Crippen molar-refractivity contribution < 1.29 is 9.21 Å². The molecule has 2 rings (SSSR count). The Morgan fingerprint density at radius 1 is 1.22 bits per heavy atom. The van der Waals surface area contributed by atoms with E-state index in [0.717, 1.165) is 11.4 Å². The SMILES string of the molecule is Cc1ccc(C)c(N(CC(=O)NC(C)c2ccco2)C(C)C)c1. The van der Waals surface area contributed by atoms with Crippen molar-refractivity contribution >= 4 is 11.6 Å². The summed E-state index contributed by atoms with van der Waals surface area (Å²) in [6, 6.07) is 10.1. The summed E-state index contributed by atoms with van der Waals surface area (Å²) in [5.41, 5.74) is 3.48. The molecule has 0 bridgehead atoms. The van der Waals surface area contributed by atoms with Crippen LogP contribution in [0.3, 0.4) is 0 Å². The van der Waals surface area contributed by atoms with E-state index in [4.69, 9.17) is 4.42 Å². The Balaban J connectivity index is 2.10. The molecule has 0 aliphatic heterocycles. The fraction of sp³-hybridized carbons (Fsp3) is 0.421. The summed E-state index contributed by atoms with van der Waals surface area (Å²) in [6.07, 6.45) is 1.62. The van der Waals surface area contributed by atoms with Crippen LogP contribution in [0, 0.1) is 13.8 Å². The average Bonchev–Trinajstić information content (AvgIpc) is 3.01. The Morgan fingerprint density at radius 2 is 1.96 bits per heavy atom. The van der Waals surface area contributed by atoms with Gasteiger partial charge < -0.3 is 14.6 Å². The van der Waals surface area contributed by atoms with Gasteiger partial charge in [0.25, 0.3) is 0 Å². The molecule has 0 saturated carbocycles. The second-order valence-electron chi connectivity index (χ2n) is 6.32. The molecule has 1 aromatic carbocycles. The first-order valence-electron chi connectivity index (χ1n) is 8.05. The minimum Gasteiger partial charge on any atom is -0.467 e. The number of hydrogen-bond donors (Lipinski definition) is 1. The Bertz CT molecular complexity index is 647. The zero-order valence-electron chi connectivity index (χ0n) is 14.6. The van der Waals surface area contributed by atoms with Gasteiger partial charge in [-0.15, -0.1) is 0 Å². The van der Waals surface area contributed by atoms with E-state index in [1.54, 1.807) is 6.26 Å². The zero-order chi connectivity index (χ0) is 17.0. The lowest BCUT2D eigenvalue weighted by Gasteiger charge is -2.30. The highest BCUT2D eigenvalue weighted by molar-refractivity contribution is 5.82. The molecule has 4 heteroatoms. The highest BCUT2D eigenvalue weighted by atomic mass is 16.3. The molecule has 1 unspecified atom stereocenters. The molecular formula is C19H26N2O2. The summed E-state index contributed by atoms with van der Waals surface area (Å²) >= 11 is 0. The van der Waals surface area contributed by atoms with Gasteiger partial charge in [0.1, 0.15) is 5.76 Å². The Kier molecular flexibility index (Phi) is 5.48. The van der Waals surface area contributed by atoms with Crippen LogP contribution in [-0.4, -0.2) is 18.5 Å². The maximum absolute atomic E-state index is 12.4. The smallest absolute Gasteiger partial charge is 0.240 e. The average molecular weight is 314 g/mol. The lowest BCUT2D eigenvalue weighted by atomic mass is 10.1. The Labute approximate surface area is 138 Å². The van der Waals surface area contributed by atoms with Gasteiger partial charge in [-0.05, 0) is 63.9 Å². The summed E-state index contributed by atoms with van der Waals surface area (Å²) in [5.74, 6) is 0.754. The van der Waals surface area contributed by atoms with Gasteiger partial charge in [0.15, 0.2) is 0 Å². The number of amides is 1. The minimum absolute atomic E-state index is 0.0106. The van der Waals surface area contributed by atoms with Crippen LogP contribution in [-0.2, 0) is 4.79 Å². The van der Waals surface area contributed by atoms with E-state index < -0.39 is 0 Å². The van der Waals surface area contributed by atoms with Crippen molar-refractivity contribution in [2.24, 2.45) is 0 Å². The molecule has 1 amide bonds. The minimum atomic E-state index is -0.134. The van der Waals surface area contributed by atoms with Crippen molar-refractivity contribution in [2.75, 3.05) is 11.4 Å². The molecule has 0 spiro atoms. The number of carbonyl (C=O) groups is 1. The molecule has 1 heterocycles. The molecule has 0 aliphatic rings. The largest absolute Gasteiger partial charge is 0.467 e. The van der Waals surface area contributed by atoms with Crippen LogP contribution < -0.4 is 10.2 Å². The van der Waals surface area contributed by atoms with Crippen LogP contribution in [0.15, 0.2) is 41.0 Å².